The predicted octanol–water partition coefficient (Wildman–Crippen LogP) is 11.3. The Balaban J connectivity index is 0.000000347. The van der Waals surface area contributed by atoms with E-state index in [-0.39, 0.29) is 47.5 Å². The number of hydrogen-bond acceptors (Lipinski definition) is 6. The van der Waals surface area contributed by atoms with Gasteiger partial charge in [-0.3, -0.25) is 0 Å². The van der Waals surface area contributed by atoms with Crippen molar-refractivity contribution in [3.63, 3.8) is 0 Å². The number of aryl methyl sites for hydroxylation is 2. The Morgan fingerprint density at radius 2 is 0.686 bits per heavy atom. The number of hydrogen-bond donors (Lipinski definition) is 0. The van der Waals surface area contributed by atoms with Gasteiger partial charge in [0, 0.05) is 10.8 Å². The average Bonchev–Trinajstić information content (AvgIpc) is 3.09. The number of fused-ring (bicyclic) bond motifs is 2. The summed E-state index contributed by atoms with van der Waals surface area (Å²) in [6.07, 6.45) is 24.2. The molecule has 9 heteroatoms. The van der Waals surface area contributed by atoms with Gasteiger partial charge in [-0.25, -0.2) is 16.8 Å². The Morgan fingerprint density at radius 3 is 0.980 bits per heavy atom. The van der Waals surface area contributed by atoms with Crippen molar-refractivity contribution < 1.29 is 25.9 Å². The molecule has 0 fully saturated rings. The van der Waals surface area contributed by atoms with Crippen LogP contribution in [0.2, 0.25) is 0 Å². The van der Waals surface area contributed by atoms with Crippen LogP contribution in [0, 0.1) is 0 Å². The van der Waals surface area contributed by atoms with Crippen molar-refractivity contribution in [1.29, 1.82) is 0 Å². The zero-order valence-electron chi connectivity index (χ0n) is 31.0. The van der Waals surface area contributed by atoms with Gasteiger partial charge in [0.25, 0.3) is 0 Å². The first-order valence-electron chi connectivity index (χ1n) is 19.0. The molecule has 6 nitrogen and oxygen atoms in total. The Kier molecular flexibility index (Phi) is 22.1. The summed E-state index contributed by atoms with van der Waals surface area (Å²) in [5.41, 5.74) is 1.94. The summed E-state index contributed by atoms with van der Waals surface area (Å²) >= 11 is 0. The van der Waals surface area contributed by atoms with Crippen molar-refractivity contribution in [1.82, 2.24) is 0 Å². The van der Waals surface area contributed by atoms with E-state index in [9.17, 15) is 25.9 Å². The summed E-state index contributed by atoms with van der Waals surface area (Å²) in [6, 6.07) is 21.3. The molecular weight excluding hydrogens is 705 g/mol. The Labute approximate surface area is 338 Å². The number of benzene rings is 4. The van der Waals surface area contributed by atoms with Gasteiger partial charge >= 0.3 is 37.7 Å². The van der Waals surface area contributed by atoms with E-state index in [1.807, 2.05) is 48.5 Å². The maximum atomic E-state index is 11.6. The summed E-state index contributed by atoms with van der Waals surface area (Å²) < 4.78 is 69.4. The Hall–Kier alpha value is -1.52. The third-order valence-corrected chi connectivity index (χ3v) is 11.3. The van der Waals surface area contributed by atoms with Gasteiger partial charge in [-0.1, -0.05) is 177 Å². The molecule has 51 heavy (non-hydrogen) atoms. The SMILES string of the molecule is CCCCCCCCCCCc1cccc2cccc(S(=O)(=O)[O-])c12.CCCCCCCCCCCc1cccc2cccc(S(=O)(=O)[O-])c12.[Ca+2]. The molecule has 0 heterocycles. The normalized spacial score (nSPS) is 11.7. The van der Waals surface area contributed by atoms with Crippen LogP contribution in [0.5, 0.6) is 0 Å². The summed E-state index contributed by atoms with van der Waals surface area (Å²) in [5.74, 6) is 0. The van der Waals surface area contributed by atoms with Gasteiger partial charge in [0.05, 0.1) is 9.79 Å². The van der Waals surface area contributed by atoms with Crippen molar-refractivity contribution in [2.75, 3.05) is 0 Å². The predicted molar refractivity (Wildman–Crippen MR) is 211 cm³/mol. The number of unbranched alkanes of at least 4 members (excludes halogenated alkanes) is 16. The first-order valence-corrected chi connectivity index (χ1v) is 21.8. The van der Waals surface area contributed by atoms with Crippen molar-refractivity contribution >= 4 is 79.5 Å². The number of rotatable bonds is 22. The first-order chi connectivity index (χ1) is 24.1. The fourth-order valence-electron chi connectivity index (χ4n) is 6.85. The minimum Gasteiger partial charge on any atom is -0.744 e. The maximum absolute atomic E-state index is 11.6. The van der Waals surface area contributed by atoms with Crippen LogP contribution in [-0.2, 0) is 33.1 Å². The minimum absolute atomic E-state index is 0. The van der Waals surface area contributed by atoms with Crippen molar-refractivity contribution in [3.05, 3.63) is 83.9 Å². The van der Waals surface area contributed by atoms with Gasteiger partial charge < -0.3 is 9.11 Å². The van der Waals surface area contributed by atoms with Crippen molar-refractivity contribution in [3.8, 4) is 0 Å². The fraction of sp³-hybridized carbons (Fsp3) is 0.524. The minimum atomic E-state index is -4.45. The van der Waals surface area contributed by atoms with E-state index in [0.29, 0.717) is 10.8 Å². The molecule has 0 aliphatic carbocycles. The Morgan fingerprint density at radius 1 is 0.412 bits per heavy atom. The molecule has 0 aliphatic heterocycles. The molecule has 0 aliphatic rings. The van der Waals surface area contributed by atoms with Crippen LogP contribution in [0.25, 0.3) is 21.5 Å². The topological polar surface area (TPSA) is 114 Å². The molecule has 4 aromatic carbocycles. The zero-order chi connectivity index (χ0) is 36.2. The van der Waals surface area contributed by atoms with E-state index < -0.39 is 20.2 Å². The molecule has 0 unspecified atom stereocenters. The molecule has 0 spiro atoms. The molecule has 0 atom stereocenters. The standard InChI is InChI=1S/2C21H30O3S.Ca/c2*1-2-3-4-5-6-7-8-9-10-13-18-14-11-15-19-16-12-17-20(21(18)19)25(22,23)24;/h2*11-12,14-17H,2-10,13H2,1H3,(H,22,23,24);/q;;+2/p-2. The second kappa shape index (κ2) is 24.7. The van der Waals surface area contributed by atoms with Gasteiger partial charge in [-0.15, -0.1) is 0 Å². The first kappa shape index (κ1) is 45.6. The molecule has 0 radical (unpaired) electrons. The van der Waals surface area contributed by atoms with Gasteiger partial charge in [0.1, 0.15) is 20.2 Å². The summed E-state index contributed by atoms with van der Waals surface area (Å²) in [6.45, 7) is 4.47. The van der Waals surface area contributed by atoms with Crippen LogP contribution in [0.4, 0.5) is 0 Å². The van der Waals surface area contributed by atoms with Gasteiger partial charge in [0.15, 0.2) is 0 Å². The molecule has 0 N–H and O–H groups in total. The summed E-state index contributed by atoms with van der Waals surface area (Å²) in [7, 11) is -8.90. The maximum Gasteiger partial charge on any atom is 2.00 e. The molecular formula is C42H58CaO6S2. The third kappa shape index (κ3) is 16.2. The second-order valence-corrected chi connectivity index (χ2v) is 16.3. The van der Waals surface area contributed by atoms with E-state index in [2.05, 4.69) is 13.8 Å². The van der Waals surface area contributed by atoms with Crippen LogP contribution in [0.1, 0.15) is 141 Å². The van der Waals surface area contributed by atoms with Gasteiger partial charge in [-0.2, -0.15) is 0 Å². The summed E-state index contributed by atoms with van der Waals surface area (Å²) in [5, 5.41) is 2.87. The smallest absolute Gasteiger partial charge is 0.744 e. The second-order valence-electron chi connectivity index (χ2n) is 13.6. The van der Waals surface area contributed by atoms with Crippen molar-refractivity contribution in [2.24, 2.45) is 0 Å². The van der Waals surface area contributed by atoms with E-state index >= 15 is 0 Å². The molecule has 276 valence electrons. The van der Waals surface area contributed by atoms with Crippen LogP contribution in [-0.4, -0.2) is 63.7 Å². The quantitative estimate of drug-likeness (QED) is 0.0447. The van der Waals surface area contributed by atoms with E-state index in [1.165, 1.54) is 102 Å². The van der Waals surface area contributed by atoms with Gasteiger partial charge in [-0.05, 0) is 59.7 Å². The van der Waals surface area contributed by atoms with Crippen LogP contribution in [0.15, 0.2) is 82.6 Å². The molecule has 0 aromatic heterocycles. The largest absolute Gasteiger partial charge is 2.00 e. The molecule has 0 bridgehead atoms. The molecule has 0 amide bonds. The van der Waals surface area contributed by atoms with Crippen LogP contribution >= 0.6 is 0 Å². The molecule has 0 saturated heterocycles. The van der Waals surface area contributed by atoms with Gasteiger partial charge in [0.2, 0.25) is 0 Å². The average molecular weight is 763 g/mol. The summed E-state index contributed by atoms with van der Waals surface area (Å²) in [4.78, 5) is -0.173. The molecule has 0 saturated carbocycles. The molecule has 4 aromatic rings. The zero-order valence-corrected chi connectivity index (χ0v) is 34.9. The van der Waals surface area contributed by atoms with E-state index in [4.69, 9.17) is 0 Å². The fourth-order valence-corrected chi connectivity index (χ4v) is 8.34. The van der Waals surface area contributed by atoms with E-state index in [0.717, 1.165) is 60.4 Å². The van der Waals surface area contributed by atoms with Crippen molar-refractivity contribution in [2.45, 2.75) is 152 Å². The Bertz CT molecular complexity index is 1660. The molecule has 4 rings (SSSR count). The third-order valence-electron chi connectivity index (χ3n) is 9.54. The van der Waals surface area contributed by atoms with Crippen LogP contribution < -0.4 is 0 Å². The monoisotopic (exact) mass is 762 g/mol. The van der Waals surface area contributed by atoms with E-state index in [1.54, 1.807) is 12.1 Å². The van der Waals surface area contributed by atoms with Crippen LogP contribution in [0.3, 0.4) is 0 Å².